The second-order valence-electron chi connectivity index (χ2n) is 8.09. The van der Waals surface area contributed by atoms with Crippen LogP contribution in [0.15, 0.2) is 12.2 Å². The standard InChI is InChI=1S/C25H48O2S/c1-2-3-4-5-6-7-8-9-10-11-12-13-14-15-16-17-18-19-20-21-22-25(26)27-23-24-28/h21-22,28H,2-20,23-24H2,1H3/b22-21+. The summed E-state index contributed by atoms with van der Waals surface area (Å²) in [6, 6.07) is 0. The number of rotatable bonds is 22. The van der Waals surface area contributed by atoms with Crippen LogP contribution < -0.4 is 0 Å². The number of unbranched alkanes of at least 4 members (excludes halogenated alkanes) is 18. The van der Waals surface area contributed by atoms with E-state index in [-0.39, 0.29) is 5.97 Å². The molecule has 0 aromatic rings. The number of ether oxygens (including phenoxy) is 1. The van der Waals surface area contributed by atoms with Crippen LogP contribution in [0.3, 0.4) is 0 Å². The maximum absolute atomic E-state index is 11.3. The number of hydrogen-bond acceptors (Lipinski definition) is 3. The SMILES string of the molecule is CCCCCCCCCCCCCCCCCCCC/C=C/C(=O)OCCS. The third-order valence-corrected chi connectivity index (χ3v) is 5.50. The van der Waals surface area contributed by atoms with Gasteiger partial charge in [-0.1, -0.05) is 122 Å². The first-order valence-electron chi connectivity index (χ1n) is 12.3. The zero-order chi connectivity index (χ0) is 20.5. The molecule has 0 aliphatic carbocycles. The number of carbonyl (C=O) groups is 1. The van der Waals surface area contributed by atoms with Crippen LogP contribution in [0.4, 0.5) is 0 Å². The van der Waals surface area contributed by atoms with E-state index in [1.165, 1.54) is 116 Å². The maximum atomic E-state index is 11.3. The highest BCUT2D eigenvalue weighted by Gasteiger charge is 1.96. The molecule has 166 valence electrons. The lowest BCUT2D eigenvalue weighted by Gasteiger charge is -2.03. The quantitative estimate of drug-likeness (QED) is 0.0835. The summed E-state index contributed by atoms with van der Waals surface area (Å²) < 4.78 is 4.93. The van der Waals surface area contributed by atoms with Crippen molar-refractivity contribution in [1.82, 2.24) is 0 Å². The van der Waals surface area contributed by atoms with Crippen molar-refractivity contribution >= 4 is 18.6 Å². The Labute approximate surface area is 181 Å². The first-order chi connectivity index (χ1) is 13.8. The van der Waals surface area contributed by atoms with Crippen LogP contribution in [0.25, 0.3) is 0 Å². The van der Waals surface area contributed by atoms with Gasteiger partial charge < -0.3 is 4.74 Å². The molecule has 28 heavy (non-hydrogen) atoms. The Kier molecular flexibility index (Phi) is 24.2. The third-order valence-electron chi connectivity index (χ3n) is 5.31. The van der Waals surface area contributed by atoms with E-state index in [2.05, 4.69) is 19.6 Å². The van der Waals surface area contributed by atoms with E-state index in [1.54, 1.807) is 6.08 Å². The minimum Gasteiger partial charge on any atom is -0.462 e. The van der Waals surface area contributed by atoms with Gasteiger partial charge in [-0.2, -0.15) is 12.6 Å². The van der Waals surface area contributed by atoms with Gasteiger partial charge in [0.1, 0.15) is 6.61 Å². The van der Waals surface area contributed by atoms with E-state index in [4.69, 9.17) is 4.74 Å². The van der Waals surface area contributed by atoms with Crippen LogP contribution in [-0.4, -0.2) is 18.3 Å². The van der Waals surface area contributed by atoms with Crippen LogP contribution in [-0.2, 0) is 9.53 Å². The Bertz CT molecular complexity index is 341. The Morgan fingerprint density at radius 3 is 1.46 bits per heavy atom. The van der Waals surface area contributed by atoms with Gasteiger partial charge in [-0.05, 0) is 12.8 Å². The molecule has 0 aliphatic rings. The number of esters is 1. The monoisotopic (exact) mass is 412 g/mol. The molecule has 0 aromatic heterocycles. The van der Waals surface area contributed by atoms with Gasteiger partial charge in [0.25, 0.3) is 0 Å². The van der Waals surface area contributed by atoms with E-state index >= 15 is 0 Å². The molecule has 0 radical (unpaired) electrons. The molecular weight excluding hydrogens is 364 g/mol. The summed E-state index contributed by atoms with van der Waals surface area (Å²) in [5, 5.41) is 0. The highest BCUT2D eigenvalue weighted by molar-refractivity contribution is 7.80. The summed E-state index contributed by atoms with van der Waals surface area (Å²) in [6.45, 7) is 2.68. The molecule has 0 saturated carbocycles. The van der Waals surface area contributed by atoms with Crippen molar-refractivity contribution in [1.29, 1.82) is 0 Å². The summed E-state index contributed by atoms with van der Waals surface area (Å²) in [7, 11) is 0. The van der Waals surface area contributed by atoms with Gasteiger partial charge in [0.05, 0.1) is 0 Å². The van der Waals surface area contributed by atoms with Crippen molar-refractivity contribution in [2.45, 2.75) is 129 Å². The molecule has 0 amide bonds. The molecule has 0 N–H and O–H groups in total. The molecule has 0 saturated heterocycles. The Hall–Kier alpha value is -0.440. The second kappa shape index (κ2) is 24.6. The van der Waals surface area contributed by atoms with E-state index < -0.39 is 0 Å². The molecule has 0 unspecified atom stereocenters. The first kappa shape index (κ1) is 27.6. The molecule has 3 heteroatoms. The fourth-order valence-corrected chi connectivity index (χ4v) is 3.63. The predicted octanol–water partition coefficient (Wildman–Crippen LogP) is 8.45. The molecule has 0 aromatic carbocycles. The summed E-state index contributed by atoms with van der Waals surface area (Å²) in [6.07, 6.45) is 29.7. The lowest BCUT2D eigenvalue weighted by atomic mass is 10.0. The minimum atomic E-state index is -0.239. The molecule has 0 atom stereocenters. The van der Waals surface area contributed by atoms with Gasteiger partial charge >= 0.3 is 5.97 Å². The summed E-state index contributed by atoms with van der Waals surface area (Å²) in [4.78, 5) is 11.3. The van der Waals surface area contributed by atoms with Crippen LogP contribution in [0.1, 0.15) is 129 Å². The first-order valence-corrected chi connectivity index (χ1v) is 12.9. The fourth-order valence-electron chi connectivity index (χ4n) is 3.54. The van der Waals surface area contributed by atoms with Gasteiger partial charge in [-0.3, -0.25) is 0 Å². The average Bonchev–Trinajstić information content (AvgIpc) is 2.70. The van der Waals surface area contributed by atoms with E-state index in [0.29, 0.717) is 12.4 Å². The van der Waals surface area contributed by atoms with Gasteiger partial charge in [0.15, 0.2) is 0 Å². The van der Waals surface area contributed by atoms with Crippen molar-refractivity contribution in [3.63, 3.8) is 0 Å². The zero-order valence-electron chi connectivity index (χ0n) is 18.8. The Morgan fingerprint density at radius 2 is 1.07 bits per heavy atom. The second-order valence-corrected chi connectivity index (χ2v) is 8.54. The van der Waals surface area contributed by atoms with E-state index in [1.807, 2.05) is 6.08 Å². The molecule has 0 fully saturated rings. The van der Waals surface area contributed by atoms with Crippen LogP contribution in [0.2, 0.25) is 0 Å². The number of carbonyl (C=O) groups excluding carboxylic acids is 1. The van der Waals surface area contributed by atoms with Crippen molar-refractivity contribution in [3.05, 3.63) is 12.2 Å². The minimum absolute atomic E-state index is 0.239. The predicted molar refractivity (Wildman–Crippen MR) is 127 cm³/mol. The fraction of sp³-hybridized carbons (Fsp3) is 0.880. The van der Waals surface area contributed by atoms with Crippen LogP contribution in [0, 0.1) is 0 Å². The lowest BCUT2D eigenvalue weighted by molar-refractivity contribution is -0.137. The Balaban J connectivity index is 3.10. The van der Waals surface area contributed by atoms with E-state index in [0.717, 1.165) is 6.42 Å². The number of hydrogen-bond donors (Lipinski definition) is 1. The molecule has 0 aliphatic heterocycles. The maximum Gasteiger partial charge on any atom is 0.330 e. The highest BCUT2D eigenvalue weighted by Crippen LogP contribution is 2.14. The summed E-state index contributed by atoms with van der Waals surface area (Å²) in [5.74, 6) is 0.343. The topological polar surface area (TPSA) is 26.3 Å². The molecular formula is C25H48O2S. The molecule has 0 rings (SSSR count). The van der Waals surface area contributed by atoms with Crippen molar-refractivity contribution in [2.24, 2.45) is 0 Å². The van der Waals surface area contributed by atoms with Crippen molar-refractivity contribution in [2.75, 3.05) is 12.4 Å². The van der Waals surface area contributed by atoms with Crippen molar-refractivity contribution in [3.8, 4) is 0 Å². The molecule has 0 heterocycles. The van der Waals surface area contributed by atoms with Gasteiger partial charge in [0, 0.05) is 11.8 Å². The van der Waals surface area contributed by atoms with Crippen LogP contribution in [0.5, 0.6) is 0 Å². The molecule has 0 spiro atoms. The van der Waals surface area contributed by atoms with Crippen LogP contribution >= 0.6 is 12.6 Å². The number of allylic oxidation sites excluding steroid dienone is 1. The molecule has 0 bridgehead atoms. The third kappa shape index (κ3) is 23.6. The molecule has 2 nitrogen and oxygen atoms in total. The smallest absolute Gasteiger partial charge is 0.330 e. The van der Waals surface area contributed by atoms with Crippen molar-refractivity contribution < 1.29 is 9.53 Å². The Morgan fingerprint density at radius 1 is 0.679 bits per heavy atom. The summed E-state index contributed by atoms with van der Waals surface area (Å²) in [5.41, 5.74) is 0. The normalized spacial score (nSPS) is 11.4. The largest absolute Gasteiger partial charge is 0.462 e. The average molecular weight is 413 g/mol. The zero-order valence-corrected chi connectivity index (χ0v) is 19.7. The lowest BCUT2D eigenvalue weighted by Crippen LogP contribution is -2.02. The van der Waals surface area contributed by atoms with Gasteiger partial charge in [-0.15, -0.1) is 0 Å². The van der Waals surface area contributed by atoms with Gasteiger partial charge in [0.2, 0.25) is 0 Å². The summed E-state index contributed by atoms with van der Waals surface area (Å²) >= 11 is 4.01. The van der Waals surface area contributed by atoms with Gasteiger partial charge in [-0.25, -0.2) is 4.79 Å². The highest BCUT2D eigenvalue weighted by atomic mass is 32.1. The van der Waals surface area contributed by atoms with E-state index in [9.17, 15) is 4.79 Å². The number of thiol groups is 1.